The molecule has 0 saturated carbocycles. The molecule has 1 aromatic rings. The van der Waals surface area contributed by atoms with Gasteiger partial charge in [0.25, 0.3) is 5.91 Å². The summed E-state index contributed by atoms with van der Waals surface area (Å²) in [5, 5.41) is 4.14. The highest BCUT2D eigenvalue weighted by atomic mass is 16.2. The van der Waals surface area contributed by atoms with Crippen molar-refractivity contribution in [3.8, 4) is 0 Å². The van der Waals surface area contributed by atoms with Gasteiger partial charge >= 0.3 is 0 Å². The quantitative estimate of drug-likeness (QED) is 0.459. The zero-order valence-electron chi connectivity index (χ0n) is 11.0. The number of hydrazine groups is 1. The van der Waals surface area contributed by atoms with Gasteiger partial charge in [0.05, 0.1) is 17.5 Å². The maximum Gasteiger partial charge on any atom is 0.268 e. The van der Waals surface area contributed by atoms with Crippen molar-refractivity contribution in [1.82, 2.24) is 20.1 Å². The molecule has 0 aromatic carbocycles. The lowest BCUT2D eigenvalue weighted by molar-refractivity contribution is 0.0950. The molecule has 0 aliphatic carbocycles. The second-order valence-corrected chi connectivity index (χ2v) is 5.08. The standard InChI is InChI=1S/C12H21N5O/c1-9-4-3-5-17(7-9)8-11-10(12(18)15-13)6-14-16(11)2/h6,9H,3-5,7-8,13H2,1-2H3,(H,15,18). The lowest BCUT2D eigenvalue weighted by atomic mass is 10.00. The average molecular weight is 251 g/mol. The van der Waals surface area contributed by atoms with Crippen LogP contribution in [0.2, 0.25) is 0 Å². The van der Waals surface area contributed by atoms with Crippen molar-refractivity contribution in [2.45, 2.75) is 26.3 Å². The molecule has 1 aliphatic rings. The summed E-state index contributed by atoms with van der Waals surface area (Å²) in [6.45, 7) is 5.18. The monoisotopic (exact) mass is 251 g/mol. The molecular weight excluding hydrogens is 230 g/mol. The Hall–Kier alpha value is -1.40. The molecule has 18 heavy (non-hydrogen) atoms. The average Bonchev–Trinajstić information content (AvgIpc) is 2.70. The van der Waals surface area contributed by atoms with E-state index in [4.69, 9.17) is 5.84 Å². The number of carbonyl (C=O) groups is 1. The SMILES string of the molecule is CC1CCCN(Cc2c(C(=O)NN)cnn2C)C1. The topological polar surface area (TPSA) is 76.2 Å². The molecule has 3 N–H and O–H groups in total. The Kier molecular flexibility index (Phi) is 3.98. The summed E-state index contributed by atoms with van der Waals surface area (Å²) in [5.74, 6) is 5.63. The Balaban J connectivity index is 2.12. The van der Waals surface area contributed by atoms with Crippen molar-refractivity contribution in [2.75, 3.05) is 13.1 Å². The molecule has 0 spiro atoms. The van der Waals surface area contributed by atoms with Gasteiger partial charge in [-0.25, -0.2) is 5.84 Å². The Bertz CT molecular complexity index is 428. The third kappa shape index (κ3) is 2.70. The molecule has 2 heterocycles. The molecule has 2 rings (SSSR count). The van der Waals surface area contributed by atoms with E-state index in [1.54, 1.807) is 10.9 Å². The fourth-order valence-electron chi connectivity index (χ4n) is 2.56. The number of likely N-dealkylation sites (tertiary alicyclic amines) is 1. The van der Waals surface area contributed by atoms with Crippen LogP contribution >= 0.6 is 0 Å². The maximum atomic E-state index is 11.6. The summed E-state index contributed by atoms with van der Waals surface area (Å²) in [7, 11) is 1.86. The number of hydrogen-bond acceptors (Lipinski definition) is 4. The number of aryl methyl sites for hydroxylation is 1. The summed E-state index contributed by atoms with van der Waals surface area (Å²) < 4.78 is 1.75. The van der Waals surface area contributed by atoms with Crippen LogP contribution in [0.15, 0.2) is 6.20 Å². The van der Waals surface area contributed by atoms with Gasteiger partial charge in [0, 0.05) is 20.1 Å². The molecule has 100 valence electrons. The van der Waals surface area contributed by atoms with E-state index in [9.17, 15) is 4.79 Å². The lowest BCUT2D eigenvalue weighted by Crippen LogP contribution is -2.36. The number of carbonyl (C=O) groups excluding carboxylic acids is 1. The van der Waals surface area contributed by atoms with E-state index in [1.165, 1.54) is 12.8 Å². The van der Waals surface area contributed by atoms with Gasteiger partial charge in [0.2, 0.25) is 0 Å². The minimum absolute atomic E-state index is 0.275. The van der Waals surface area contributed by atoms with Gasteiger partial charge in [-0.05, 0) is 25.3 Å². The van der Waals surface area contributed by atoms with Gasteiger partial charge < -0.3 is 0 Å². The highest BCUT2D eigenvalue weighted by Crippen LogP contribution is 2.19. The van der Waals surface area contributed by atoms with Gasteiger partial charge in [-0.3, -0.25) is 19.8 Å². The predicted molar refractivity (Wildman–Crippen MR) is 68.5 cm³/mol. The Morgan fingerprint density at radius 2 is 2.44 bits per heavy atom. The first-order valence-electron chi connectivity index (χ1n) is 6.36. The molecule has 0 radical (unpaired) electrons. The number of nitrogens with two attached hydrogens (primary N) is 1. The molecule has 1 aromatic heterocycles. The van der Waals surface area contributed by atoms with E-state index in [0.717, 1.165) is 31.2 Å². The zero-order valence-corrected chi connectivity index (χ0v) is 11.0. The van der Waals surface area contributed by atoms with Crippen molar-refractivity contribution in [3.63, 3.8) is 0 Å². The van der Waals surface area contributed by atoms with Gasteiger partial charge in [-0.15, -0.1) is 0 Å². The molecule has 6 heteroatoms. The minimum Gasteiger partial charge on any atom is -0.297 e. The summed E-state index contributed by atoms with van der Waals surface area (Å²) >= 11 is 0. The molecule has 1 aliphatic heterocycles. The van der Waals surface area contributed by atoms with Crippen LogP contribution in [0.25, 0.3) is 0 Å². The summed E-state index contributed by atoms with van der Waals surface area (Å²) in [4.78, 5) is 14.0. The number of aromatic nitrogens is 2. The highest BCUT2D eigenvalue weighted by molar-refractivity contribution is 5.94. The molecule has 0 bridgehead atoms. The minimum atomic E-state index is -0.275. The molecular formula is C12H21N5O. The Labute approximate surface area is 107 Å². The van der Waals surface area contributed by atoms with Crippen LogP contribution in [0, 0.1) is 5.92 Å². The van der Waals surface area contributed by atoms with Gasteiger partial charge in [0.1, 0.15) is 0 Å². The number of hydrogen-bond donors (Lipinski definition) is 2. The van der Waals surface area contributed by atoms with Gasteiger partial charge in [0.15, 0.2) is 0 Å². The Morgan fingerprint density at radius 1 is 1.67 bits per heavy atom. The fraction of sp³-hybridized carbons (Fsp3) is 0.667. The molecule has 1 saturated heterocycles. The van der Waals surface area contributed by atoms with Crippen molar-refractivity contribution in [3.05, 3.63) is 17.5 Å². The van der Waals surface area contributed by atoms with Crippen molar-refractivity contribution in [1.29, 1.82) is 0 Å². The number of nitrogen functional groups attached to an aromatic ring is 1. The molecule has 1 atom stereocenters. The first-order chi connectivity index (χ1) is 8.61. The Morgan fingerprint density at radius 3 is 3.11 bits per heavy atom. The van der Waals surface area contributed by atoms with E-state index in [0.29, 0.717) is 5.56 Å². The first kappa shape index (κ1) is 13.0. The van der Waals surface area contributed by atoms with Crippen LogP contribution in [0.4, 0.5) is 0 Å². The first-order valence-corrected chi connectivity index (χ1v) is 6.36. The third-order valence-corrected chi connectivity index (χ3v) is 3.55. The molecule has 1 amide bonds. The largest absolute Gasteiger partial charge is 0.297 e. The van der Waals surface area contributed by atoms with E-state index in [-0.39, 0.29) is 5.91 Å². The van der Waals surface area contributed by atoms with Crippen molar-refractivity contribution in [2.24, 2.45) is 18.8 Å². The smallest absolute Gasteiger partial charge is 0.268 e. The normalized spacial score (nSPS) is 20.9. The van der Waals surface area contributed by atoms with Crippen molar-refractivity contribution < 1.29 is 4.79 Å². The molecule has 1 fully saturated rings. The van der Waals surface area contributed by atoms with Crippen LogP contribution in [0.3, 0.4) is 0 Å². The summed E-state index contributed by atoms with van der Waals surface area (Å²) in [5.41, 5.74) is 3.66. The van der Waals surface area contributed by atoms with E-state index in [2.05, 4.69) is 22.3 Å². The van der Waals surface area contributed by atoms with E-state index in [1.807, 2.05) is 7.05 Å². The van der Waals surface area contributed by atoms with Crippen LogP contribution in [0.5, 0.6) is 0 Å². The fourth-order valence-corrected chi connectivity index (χ4v) is 2.56. The number of nitrogens with one attached hydrogen (secondary N) is 1. The van der Waals surface area contributed by atoms with Crippen LogP contribution < -0.4 is 11.3 Å². The van der Waals surface area contributed by atoms with E-state index < -0.39 is 0 Å². The van der Waals surface area contributed by atoms with Gasteiger partial charge in [-0.2, -0.15) is 5.10 Å². The maximum absolute atomic E-state index is 11.6. The number of nitrogens with zero attached hydrogens (tertiary/aromatic N) is 3. The van der Waals surface area contributed by atoms with E-state index >= 15 is 0 Å². The van der Waals surface area contributed by atoms with Gasteiger partial charge in [-0.1, -0.05) is 6.92 Å². The summed E-state index contributed by atoms with van der Waals surface area (Å²) in [6.07, 6.45) is 4.08. The van der Waals surface area contributed by atoms with Crippen LogP contribution in [-0.2, 0) is 13.6 Å². The number of piperidine rings is 1. The second-order valence-electron chi connectivity index (χ2n) is 5.08. The number of amides is 1. The third-order valence-electron chi connectivity index (χ3n) is 3.55. The zero-order chi connectivity index (χ0) is 13.1. The predicted octanol–water partition coefficient (Wildman–Crippen LogP) is 0.256. The molecule has 6 nitrogen and oxygen atoms in total. The van der Waals surface area contributed by atoms with Crippen LogP contribution in [0.1, 0.15) is 35.8 Å². The van der Waals surface area contributed by atoms with Crippen molar-refractivity contribution >= 4 is 5.91 Å². The summed E-state index contributed by atoms with van der Waals surface area (Å²) in [6, 6.07) is 0. The van der Waals surface area contributed by atoms with Crippen LogP contribution in [-0.4, -0.2) is 33.7 Å². The lowest BCUT2D eigenvalue weighted by Gasteiger charge is -2.30. The number of rotatable bonds is 3. The highest BCUT2D eigenvalue weighted by Gasteiger charge is 2.21. The molecule has 1 unspecified atom stereocenters. The second kappa shape index (κ2) is 5.49.